The molecular weight excluding hydrogens is 366 g/mol. The van der Waals surface area contributed by atoms with Gasteiger partial charge in [-0.1, -0.05) is 0 Å². The molecule has 1 heterocycles. The summed E-state index contributed by atoms with van der Waals surface area (Å²) >= 11 is 0. The van der Waals surface area contributed by atoms with Crippen molar-refractivity contribution in [1.82, 2.24) is 15.0 Å². The maximum absolute atomic E-state index is 5.87. The normalized spacial score (nSPS) is 11.7. The van der Waals surface area contributed by atoms with Gasteiger partial charge in [0.25, 0.3) is 0 Å². The van der Waals surface area contributed by atoms with Crippen molar-refractivity contribution in [2.24, 2.45) is 0 Å². The molecule has 0 fully saturated rings. The molecule has 0 saturated carbocycles. The zero-order valence-corrected chi connectivity index (χ0v) is 18.7. The lowest BCUT2D eigenvalue weighted by molar-refractivity contribution is 0.0740. The molecule has 1 aromatic heterocycles. The molecule has 10 heteroatoms. The van der Waals surface area contributed by atoms with Gasteiger partial charge >= 0.3 is 14.8 Å². The van der Waals surface area contributed by atoms with Crippen molar-refractivity contribution in [2.45, 2.75) is 54.6 Å². The maximum atomic E-state index is 5.87. The molecule has 0 saturated heterocycles. The third kappa shape index (κ3) is 7.57. The Morgan fingerprint density at radius 2 is 1.44 bits per heavy atom. The number of anilines is 2. The molecular formula is C17H35N5O4Si. The first-order valence-corrected chi connectivity index (χ1v) is 11.7. The van der Waals surface area contributed by atoms with Crippen LogP contribution in [0.25, 0.3) is 0 Å². The van der Waals surface area contributed by atoms with Gasteiger partial charge in [0.15, 0.2) is 0 Å². The summed E-state index contributed by atoms with van der Waals surface area (Å²) in [6, 6.07) is 0.292. The van der Waals surface area contributed by atoms with Gasteiger partial charge < -0.3 is 28.2 Å². The van der Waals surface area contributed by atoms with E-state index in [1.165, 1.54) is 0 Å². The van der Waals surface area contributed by atoms with Crippen molar-refractivity contribution >= 4 is 20.7 Å². The average Bonchev–Trinajstić information content (AvgIpc) is 2.61. The highest BCUT2D eigenvalue weighted by molar-refractivity contribution is 6.61. The fraction of sp³-hybridized carbons (Fsp3) is 0.824. The van der Waals surface area contributed by atoms with Crippen LogP contribution in [0, 0.1) is 0 Å². The van der Waals surface area contributed by atoms with Crippen LogP contribution in [-0.2, 0) is 13.3 Å². The topological polar surface area (TPSA) is 90.9 Å². The highest BCUT2D eigenvalue weighted by Gasteiger charge is 2.40. The van der Waals surface area contributed by atoms with Crippen LogP contribution in [0.3, 0.4) is 0 Å². The van der Waals surface area contributed by atoms with Crippen LogP contribution < -0.4 is 15.0 Å². The third-order valence-electron chi connectivity index (χ3n) is 3.55. The van der Waals surface area contributed by atoms with E-state index in [1.807, 2.05) is 39.5 Å². The van der Waals surface area contributed by atoms with E-state index in [4.69, 9.17) is 18.0 Å². The number of nitrogens with one attached hydrogen (secondary N) is 1. The van der Waals surface area contributed by atoms with Crippen LogP contribution in [0.15, 0.2) is 0 Å². The van der Waals surface area contributed by atoms with Gasteiger partial charge in [0, 0.05) is 32.9 Å². The van der Waals surface area contributed by atoms with Gasteiger partial charge in [-0.3, -0.25) is 0 Å². The van der Waals surface area contributed by atoms with E-state index < -0.39 is 8.80 Å². The summed E-state index contributed by atoms with van der Waals surface area (Å²) < 4.78 is 23.3. The predicted molar refractivity (Wildman–Crippen MR) is 108 cm³/mol. The summed E-state index contributed by atoms with van der Waals surface area (Å²) in [4.78, 5) is 15.4. The van der Waals surface area contributed by atoms with Crippen molar-refractivity contribution in [3.63, 3.8) is 0 Å². The van der Waals surface area contributed by atoms with Crippen molar-refractivity contribution in [2.75, 3.05) is 49.3 Å². The average molecular weight is 402 g/mol. The van der Waals surface area contributed by atoms with Crippen molar-refractivity contribution in [3.05, 3.63) is 0 Å². The zero-order valence-electron chi connectivity index (χ0n) is 17.7. The van der Waals surface area contributed by atoms with Gasteiger partial charge in [-0.15, -0.1) is 0 Å². The Morgan fingerprint density at radius 3 is 1.89 bits per heavy atom. The summed E-state index contributed by atoms with van der Waals surface area (Å²) in [6.45, 7) is 16.9. The molecule has 1 rings (SSSR count). The molecule has 0 amide bonds. The van der Waals surface area contributed by atoms with Crippen molar-refractivity contribution in [1.29, 1.82) is 0 Å². The summed E-state index contributed by atoms with van der Waals surface area (Å²) in [7, 11) is -2.85. The smallest absolute Gasteiger partial charge is 0.461 e. The van der Waals surface area contributed by atoms with Gasteiger partial charge in [-0.05, 0) is 48.5 Å². The van der Waals surface area contributed by atoms with Crippen LogP contribution in [0.1, 0.15) is 48.5 Å². The molecule has 0 spiro atoms. The molecule has 0 aliphatic carbocycles. The van der Waals surface area contributed by atoms with Crippen molar-refractivity contribution < 1.29 is 18.0 Å². The minimum absolute atomic E-state index is 0.0338. The van der Waals surface area contributed by atoms with Gasteiger partial charge in [-0.2, -0.15) is 15.0 Å². The fourth-order valence-corrected chi connectivity index (χ4v) is 4.71. The molecule has 0 aliphatic rings. The van der Waals surface area contributed by atoms with E-state index in [-0.39, 0.29) is 6.10 Å². The summed E-state index contributed by atoms with van der Waals surface area (Å²) in [5.41, 5.74) is 0. The first-order valence-electron chi connectivity index (χ1n) is 9.76. The fourth-order valence-electron chi connectivity index (χ4n) is 2.46. The Labute approximate surface area is 164 Å². The van der Waals surface area contributed by atoms with Gasteiger partial charge in [0.05, 0.1) is 12.3 Å². The molecule has 0 atom stereocenters. The Kier molecular flexibility index (Phi) is 10.5. The molecule has 27 heavy (non-hydrogen) atoms. The van der Waals surface area contributed by atoms with Crippen molar-refractivity contribution in [3.8, 4) is 6.01 Å². The second-order valence-electron chi connectivity index (χ2n) is 5.92. The molecule has 0 aliphatic heterocycles. The lowest BCUT2D eigenvalue weighted by Crippen LogP contribution is -2.52. The van der Waals surface area contributed by atoms with E-state index in [2.05, 4.69) is 34.1 Å². The number of hydrogen-bond donors (Lipinski definition) is 1. The molecule has 156 valence electrons. The largest absolute Gasteiger partial charge is 0.521 e. The van der Waals surface area contributed by atoms with E-state index in [1.54, 1.807) is 0 Å². The monoisotopic (exact) mass is 401 g/mol. The van der Waals surface area contributed by atoms with E-state index in [0.717, 1.165) is 13.1 Å². The minimum atomic E-state index is -2.85. The zero-order chi connectivity index (χ0) is 20.3. The number of aromatic nitrogens is 3. The first kappa shape index (κ1) is 23.5. The summed E-state index contributed by atoms with van der Waals surface area (Å²) in [5.74, 6) is 0.989. The first-order chi connectivity index (χ1) is 12.9. The number of ether oxygens (including phenoxy) is 1. The summed E-state index contributed by atoms with van der Waals surface area (Å²) in [6.07, 6.45) is 0.333. The molecule has 0 radical (unpaired) electrons. The summed E-state index contributed by atoms with van der Waals surface area (Å²) in [5, 5.41) is 3.21. The Bertz CT molecular complexity index is 529. The molecule has 1 aromatic rings. The molecule has 0 aromatic carbocycles. The van der Waals surface area contributed by atoms with Crippen LogP contribution in [0.4, 0.5) is 11.9 Å². The second-order valence-corrected chi connectivity index (χ2v) is 8.50. The number of nitrogens with zero attached hydrogens (tertiary/aromatic N) is 4. The lowest BCUT2D eigenvalue weighted by atomic mass is 10.5. The Morgan fingerprint density at radius 1 is 0.889 bits per heavy atom. The van der Waals surface area contributed by atoms with E-state index in [9.17, 15) is 0 Å². The molecule has 0 unspecified atom stereocenters. The standard InChI is InChI=1S/C17H35N5O4Si/c1-8-22(9-2)16-19-15(20-17(21-16)26-14(6)7)18-13-27(23-10-3,24-11-4)25-12-5/h14H,8-13H2,1-7H3,(H,18,19,20,21). The van der Waals surface area contributed by atoms with Crippen LogP contribution in [-0.4, -0.2) is 68.9 Å². The number of rotatable bonds is 14. The van der Waals surface area contributed by atoms with E-state index in [0.29, 0.717) is 43.9 Å². The Hall–Kier alpha value is -1.49. The van der Waals surface area contributed by atoms with Gasteiger partial charge in [-0.25, -0.2) is 0 Å². The van der Waals surface area contributed by atoms with Crippen LogP contribution in [0.5, 0.6) is 6.01 Å². The minimum Gasteiger partial charge on any atom is -0.461 e. The third-order valence-corrected chi connectivity index (χ3v) is 6.34. The Balaban J connectivity index is 3.09. The molecule has 0 bridgehead atoms. The lowest BCUT2D eigenvalue weighted by Gasteiger charge is -2.28. The second kappa shape index (κ2) is 12.1. The number of hydrogen-bond acceptors (Lipinski definition) is 9. The molecule has 9 nitrogen and oxygen atoms in total. The quantitative estimate of drug-likeness (QED) is 0.472. The highest BCUT2D eigenvalue weighted by Crippen LogP contribution is 2.17. The van der Waals surface area contributed by atoms with Crippen LogP contribution in [0.2, 0.25) is 0 Å². The molecule has 1 N–H and O–H groups in total. The SMILES string of the molecule is CCO[Si](CNc1nc(OC(C)C)nc(N(CC)CC)n1)(OCC)OCC. The maximum Gasteiger partial charge on any atom is 0.521 e. The highest BCUT2D eigenvalue weighted by atomic mass is 28.4. The van der Waals surface area contributed by atoms with Crippen LogP contribution >= 0.6 is 0 Å². The predicted octanol–water partition coefficient (Wildman–Crippen LogP) is 2.50. The van der Waals surface area contributed by atoms with E-state index >= 15 is 0 Å². The van der Waals surface area contributed by atoms with Gasteiger partial charge in [0.1, 0.15) is 0 Å². The van der Waals surface area contributed by atoms with Gasteiger partial charge in [0.2, 0.25) is 11.9 Å².